The average Bonchev–Trinajstić information content (AvgIpc) is 3.17. The molecule has 1 saturated heterocycles. The van der Waals surface area contributed by atoms with Gasteiger partial charge >= 0.3 is 0 Å². The Morgan fingerprint density at radius 1 is 0.900 bits per heavy atom. The van der Waals surface area contributed by atoms with Gasteiger partial charge in [-0.1, -0.05) is 52.0 Å². The maximum absolute atomic E-state index is 5.05. The number of rotatable bonds is 4. The van der Waals surface area contributed by atoms with Crippen LogP contribution in [0.15, 0.2) is 52.4 Å². The maximum atomic E-state index is 5.05. The molecule has 158 valence electrons. The molecule has 0 spiro atoms. The van der Waals surface area contributed by atoms with Crippen LogP contribution in [0.2, 0.25) is 0 Å². The maximum Gasteiger partial charge on any atom is 0.173 e. The molecule has 30 heavy (non-hydrogen) atoms. The molecular formula is C26H34N4. The fraction of sp³-hybridized carbons (Fsp3) is 0.462. The van der Waals surface area contributed by atoms with Crippen molar-refractivity contribution in [3.05, 3.63) is 59.2 Å². The first kappa shape index (κ1) is 20.6. The Hall–Kier alpha value is -2.62. The van der Waals surface area contributed by atoms with Crippen LogP contribution < -0.4 is 9.80 Å². The van der Waals surface area contributed by atoms with Gasteiger partial charge < -0.3 is 9.80 Å². The summed E-state index contributed by atoms with van der Waals surface area (Å²) < 4.78 is 0. The molecule has 2 heterocycles. The second-order valence-corrected chi connectivity index (χ2v) is 9.15. The number of aliphatic imine (C=N–C) groups is 2. The van der Waals surface area contributed by atoms with Crippen LogP contribution in [0.1, 0.15) is 58.2 Å². The summed E-state index contributed by atoms with van der Waals surface area (Å²) in [5, 5.41) is 0. The van der Waals surface area contributed by atoms with Gasteiger partial charge in [0.1, 0.15) is 6.17 Å². The fourth-order valence-corrected chi connectivity index (χ4v) is 4.85. The van der Waals surface area contributed by atoms with E-state index in [1.165, 1.54) is 28.1 Å². The Bertz CT molecular complexity index is 998. The highest BCUT2D eigenvalue weighted by atomic mass is 15.5. The highest BCUT2D eigenvalue weighted by molar-refractivity contribution is 6.53. The normalized spacial score (nSPS) is 22.3. The lowest BCUT2D eigenvalue weighted by molar-refractivity contribution is 0.456. The summed E-state index contributed by atoms with van der Waals surface area (Å²) in [6.07, 6.45) is 2.20. The average molecular weight is 403 g/mol. The van der Waals surface area contributed by atoms with Gasteiger partial charge in [-0.25, -0.2) is 0 Å². The molecule has 0 aromatic heterocycles. The molecule has 2 aliphatic rings. The van der Waals surface area contributed by atoms with Crippen molar-refractivity contribution >= 4 is 23.0 Å². The monoisotopic (exact) mass is 402 g/mol. The molecule has 0 radical (unpaired) electrons. The van der Waals surface area contributed by atoms with E-state index in [1.807, 2.05) is 7.05 Å². The zero-order valence-corrected chi connectivity index (χ0v) is 19.4. The van der Waals surface area contributed by atoms with Crippen molar-refractivity contribution < 1.29 is 0 Å². The summed E-state index contributed by atoms with van der Waals surface area (Å²) in [6.45, 7) is 13.4. The highest BCUT2D eigenvalue weighted by Crippen LogP contribution is 2.51. The van der Waals surface area contributed by atoms with E-state index in [0.717, 1.165) is 24.5 Å². The standard InChI is InChI=1S/C26H34N4/c1-8-18-10-13-20(14-11-18)29-24(28-17(3)4)23(27-7)30-22-15-12-19(9-2)16-21(22)26(5,6)25(29)30/h10-17,25H,8-9H2,1-7H3. The summed E-state index contributed by atoms with van der Waals surface area (Å²) in [5.74, 6) is 1.93. The Balaban J connectivity index is 1.94. The van der Waals surface area contributed by atoms with Crippen LogP contribution in [0, 0.1) is 0 Å². The van der Waals surface area contributed by atoms with Gasteiger partial charge in [0.2, 0.25) is 0 Å². The summed E-state index contributed by atoms with van der Waals surface area (Å²) in [5.41, 5.74) is 6.49. The Labute approximate surface area is 181 Å². The van der Waals surface area contributed by atoms with Gasteiger partial charge in [-0.2, -0.15) is 0 Å². The van der Waals surface area contributed by atoms with Crippen LogP contribution in [0.25, 0.3) is 0 Å². The lowest BCUT2D eigenvalue weighted by atomic mass is 9.82. The fourth-order valence-electron chi connectivity index (χ4n) is 4.85. The number of amidine groups is 2. The van der Waals surface area contributed by atoms with E-state index in [9.17, 15) is 0 Å². The lowest BCUT2D eigenvalue weighted by Gasteiger charge is -2.35. The van der Waals surface area contributed by atoms with Crippen molar-refractivity contribution in [2.24, 2.45) is 9.98 Å². The first-order valence-electron chi connectivity index (χ1n) is 11.2. The van der Waals surface area contributed by atoms with Crippen LogP contribution in [0.5, 0.6) is 0 Å². The molecule has 0 amide bonds. The van der Waals surface area contributed by atoms with Crippen LogP contribution in [0.3, 0.4) is 0 Å². The molecule has 2 aliphatic heterocycles. The largest absolute Gasteiger partial charge is 0.301 e. The summed E-state index contributed by atoms with van der Waals surface area (Å²) in [4.78, 5) is 14.6. The molecule has 0 N–H and O–H groups in total. The second-order valence-electron chi connectivity index (χ2n) is 9.15. The van der Waals surface area contributed by atoms with E-state index in [1.54, 1.807) is 0 Å². The van der Waals surface area contributed by atoms with Crippen molar-refractivity contribution in [2.45, 2.75) is 72.0 Å². The summed E-state index contributed by atoms with van der Waals surface area (Å²) in [6, 6.07) is 16.1. The molecule has 1 fully saturated rings. The molecule has 4 nitrogen and oxygen atoms in total. The van der Waals surface area contributed by atoms with Crippen LogP contribution in [0.4, 0.5) is 11.4 Å². The van der Waals surface area contributed by atoms with Crippen molar-refractivity contribution in [1.29, 1.82) is 0 Å². The Morgan fingerprint density at radius 2 is 1.53 bits per heavy atom. The highest BCUT2D eigenvalue weighted by Gasteiger charge is 2.56. The third-order valence-corrected chi connectivity index (χ3v) is 6.43. The molecule has 1 atom stereocenters. The van der Waals surface area contributed by atoms with Crippen LogP contribution >= 0.6 is 0 Å². The quantitative estimate of drug-likeness (QED) is 0.667. The number of anilines is 2. The molecule has 0 aliphatic carbocycles. The number of aryl methyl sites for hydroxylation is 2. The number of fused-ring (bicyclic) bond motifs is 3. The van der Waals surface area contributed by atoms with Gasteiger partial charge in [-0.3, -0.25) is 9.98 Å². The van der Waals surface area contributed by atoms with Crippen LogP contribution in [-0.2, 0) is 18.3 Å². The van der Waals surface area contributed by atoms with Crippen molar-refractivity contribution in [3.8, 4) is 0 Å². The van der Waals surface area contributed by atoms with E-state index < -0.39 is 0 Å². The zero-order chi connectivity index (χ0) is 21.6. The smallest absolute Gasteiger partial charge is 0.173 e. The first-order chi connectivity index (χ1) is 14.3. The molecule has 4 heteroatoms. The number of nitrogens with zero attached hydrogens (tertiary/aromatic N) is 4. The topological polar surface area (TPSA) is 31.2 Å². The van der Waals surface area contributed by atoms with E-state index in [4.69, 9.17) is 9.98 Å². The number of benzene rings is 2. The van der Waals surface area contributed by atoms with Crippen molar-refractivity contribution in [1.82, 2.24) is 0 Å². The van der Waals surface area contributed by atoms with Gasteiger partial charge in [0.25, 0.3) is 0 Å². The molecule has 1 unspecified atom stereocenters. The number of hydrogen-bond donors (Lipinski definition) is 0. The van der Waals surface area contributed by atoms with Gasteiger partial charge in [-0.05, 0) is 61.6 Å². The van der Waals surface area contributed by atoms with E-state index in [0.29, 0.717) is 0 Å². The van der Waals surface area contributed by atoms with Gasteiger partial charge in [-0.15, -0.1) is 0 Å². The van der Waals surface area contributed by atoms with E-state index in [2.05, 4.69) is 93.8 Å². The third kappa shape index (κ3) is 3.05. The predicted octanol–water partition coefficient (Wildman–Crippen LogP) is 5.59. The SMILES string of the molecule is CCc1ccc(N2C(=NC(C)C)C(=NC)N3c4ccc(CC)cc4C(C)(C)C23)cc1. The predicted molar refractivity (Wildman–Crippen MR) is 129 cm³/mol. The van der Waals surface area contributed by atoms with E-state index >= 15 is 0 Å². The Kier molecular flexibility index (Phi) is 5.21. The minimum Gasteiger partial charge on any atom is -0.301 e. The molecule has 0 saturated carbocycles. The Morgan fingerprint density at radius 3 is 2.10 bits per heavy atom. The van der Waals surface area contributed by atoms with Crippen molar-refractivity contribution in [3.63, 3.8) is 0 Å². The zero-order valence-electron chi connectivity index (χ0n) is 19.4. The minimum absolute atomic E-state index is 0.0753. The van der Waals surface area contributed by atoms with E-state index in [-0.39, 0.29) is 17.6 Å². The molecule has 2 aromatic rings. The molecule has 4 rings (SSSR count). The summed E-state index contributed by atoms with van der Waals surface area (Å²) in [7, 11) is 1.89. The second kappa shape index (κ2) is 7.57. The lowest BCUT2D eigenvalue weighted by Crippen LogP contribution is -2.48. The first-order valence-corrected chi connectivity index (χ1v) is 11.2. The van der Waals surface area contributed by atoms with Crippen molar-refractivity contribution in [2.75, 3.05) is 16.8 Å². The number of hydrogen-bond acceptors (Lipinski definition) is 2. The van der Waals surface area contributed by atoms with Gasteiger partial charge in [0, 0.05) is 29.9 Å². The molecule has 0 bridgehead atoms. The van der Waals surface area contributed by atoms with Gasteiger partial charge in [0.15, 0.2) is 11.7 Å². The molecule has 2 aromatic carbocycles. The minimum atomic E-state index is -0.0753. The van der Waals surface area contributed by atoms with Crippen LogP contribution in [-0.4, -0.2) is 30.9 Å². The van der Waals surface area contributed by atoms with Gasteiger partial charge in [0.05, 0.1) is 0 Å². The summed E-state index contributed by atoms with van der Waals surface area (Å²) >= 11 is 0. The third-order valence-electron chi connectivity index (χ3n) is 6.43. The molecular weight excluding hydrogens is 368 g/mol.